The number of methoxy groups -OCH3 is 1. The molecule has 0 spiro atoms. The summed E-state index contributed by atoms with van der Waals surface area (Å²) in [5, 5.41) is 3.53. The zero-order valence-electron chi connectivity index (χ0n) is 19.7. The molecule has 9 heteroatoms. The van der Waals surface area contributed by atoms with Crippen molar-refractivity contribution in [2.24, 2.45) is 0 Å². The Morgan fingerprint density at radius 3 is 2.53 bits per heavy atom. The van der Waals surface area contributed by atoms with E-state index in [1.54, 1.807) is 30.3 Å². The highest BCUT2D eigenvalue weighted by Crippen LogP contribution is 2.46. The second-order valence-corrected chi connectivity index (χ2v) is 9.49. The summed E-state index contributed by atoms with van der Waals surface area (Å²) in [4.78, 5) is 31.7. The SMILES string of the molecule is COC(=O)c1ccc(C2(NC(=O)c3cc(Cl)cnc3N3CCC(Oc4ccc(F)cc4)C3)CC2)cc1. The van der Waals surface area contributed by atoms with E-state index < -0.39 is 11.5 Å². The van der Waals surface area contributed by atoms with Gasteiger partial charge in [-0.3, -0.25) is 4.79 Å². The monoisotopic (exact) mass is 509 g/mol. The number of hydrogen-bond donors (Lipinski definition) is 1. The molecule has 0 radical (unpaired) electrons. The second-order valence-electron chi connectivity index (χ2n) is 9.06. The van der Waals surface area contributed by atoms with Crippen molar-refractivity contribution >= 4 is 29.3 Å². The highest BCUT2D eigenvalue weighted by molar-refractivity contribution is 6.31. The van der Waals surface area contributed by atoms with E-state index in [2.05, 4.69) is 10.3 Å². The number of anilines is 1. The van der Waals surface area contributed by atoms with Crippen molar-refractivity contribution in [2.75, 3.05) is 25.1 Å². The van der Waals surface area contributed by atoms with Crippen LogP contribution in [0.3, 0.4) is 0 Å². The van der Waals surface area contributed by atoms with E-state index in [0.29, 0.717) is 40.8 Å². The van der Waals surface area contributed by atoms with Gasteiger partial charge < -0.3 is 19.7 Å². The van der Waals surface area contributed by atoms with Gasteiger partial charge in [-0.05, 0) is 60.9 Å². The first-order valence-corrected chi connectivity index (χ1v) is 12.1. The maximum absolute atomic E-state index is 13.5. The molecule has 1 N–H and O–H groups in total. The lowest BCUT2D eigenvalue weighted by molar-refractivity contribution is 0.0600. The number of esters is 1. The van der Waals surface area contributed by atoms with Crippen LogP contribution < -0.4 is 15.0 Å². The van der Waals surface area contributed by atoms with Gasteiger partial charge in [-0.15, -0.1) is 0 Å². The Bertz CT molecular complexity index is 1280. The van der Waals surface area contributed by atoms with Gasteiger partial charge in [0.15, 0.2) is 0 Å². The first kappa shape index (κ1) is 24.1. The molecule has 1 unspecified atom stereocenters. The van der Waals surface area contributed by atoms with Crippen molar-refractivity contribution in [3.05, 3.63) is 88.3 Å². The molecule has 1 saturated heterocycles. The van der Waals surface area contributed by atoms with Gasteiger partial charge in [-0.25, -0.2) is 14.2 Å². The van der Waals surface area contributed by atoms with Crippen LogP contribution in [0.5, 0.6) is 5.75 Å². The lowest BCUT2D eigenvalue weighted by Gasteiger charge is -2.23. The molecule has 2 fully saturated rings. The lowest BCUT2D eigenvalue weighted by Crippen LogP contribution is -2.36. The Morgan fingerprint density at radius 2 is 1.86 bits per heavy atom. The molecule has 186 valence electrons. The molecule has 1 aliphatic heterocycles. The van der Waals surface area contributed by atoms with E-state index in [1.807, 2.05) is 17.0 Å². The van der Waals surface area contributed by atoms with Crippen molar-refractivity contribution in [2.45, 2.75) is 30.9 Å². The van der Waals surface area contributed by atoms with Crippen molar-refractivity contribution in [3.63, 3.8) is 0 Å². The third kappa shape index (κ3) is 4.99. The molecule has 36 heavy (non-hydrogen) atoms. The molecule has 1 amide bonds. The number of nitrogens with one attached hydrogen (secondary N) is 1. The summed E-state index contributed by atoms with van der Waals surface area (Å²) in [6.07, 6.45) is 3.72. The predicted octanol–water partition coefficient (Wildman–Crippen LogP) is 4.74. The average molecular weight is 510 g/mol. The number of rotatable bonds is 7. The molecule has 0 bridgehead atoms. The van der Waals surface area contributed by atoms with Crippen molar-refractivity contribution in [1.29, 1.82) is 0 Å². The molecule has 1 aliphatic carbocycles. The van der Waals surface area contributed by atoms with Gasteiger partial charge in [0.1, 0.15) is 23.5 Å². The van der Waals surface area contributed by atoms with Gasteiger partial charge >= 0.3 is 5.97 Å². The fraction of sp³-hybridized carbons (Fsp3) is 0.296. The van der Waals surface area contributed by atoms with Crippen LogP contribution in [0.25, 0.3) is 0 Å². The zero-order chi connectivity index (χ0) is 25.3. The number of carbonyl (C=O) groups excluding carboxylic acids is 2. The number of benzene rings is 2. The Morgan fingerprint density at radius 1 is 1.14 bits per heavy atom. The van der Waals surface area contributed by atoms with Crippen LogP contribution in [0.4, 0.5) is 10.2 Å². The van der Waals surface area contributed by atoms with E-state index in [-0.39, 0.29) is 17.8 Å². The van der Waals surface area contributed by atoms with E-state index in [9.17, 15) is 14.0 Å². The average Bonchev–Trinajstić information content (AvgIpc) is 3.53. The minimum absolute atomic E-state index is 0.119. The van der Waals surface area contributed by atoms with Crippen molar-refractivity contribution in [1.82, 2.24) is 10.3 Å². The quantitative estimate of drug-likeness (QED) is 0.463. The zero-order valence-corrected chi connectivity index (χ0v) is 20.4. The largest absolute Gasteiger partial charge is 0.489 e. The van der Waals surface area contributed by atoms with E-state index >= 15 is 0 Å². The third-order valence-electron chi connectivity index (χ3n) is 6.60. The maximum Gasteiger partial charge on any atom is 0.337 e. The van der Waals surface area contributed by atoms with Gasteiger partial charge in [0.05, 0.1) is 35.3 Å². The predicted molar refractivity (Wildman–Crippen MR) is 133 cm³/mol. The number of hydrogen-bond acceptors (Lipinski definition) is 6. The van der Waals surface area contributed by atoms with Crippen molar-refractivity contribution < 1.29 is 23.5 Å². The maximum atomic E-state index is 13.5. The van der Waals surface area contributed by atoms with Crippen LogP contribution in [0.2, 0.25) is 5.02 Å². The van der Waals surface area contributed by atoms with Gasteiger partial charge in [0.25, 0.3) is 5.91 Å². The fourth-order valence-corrected chi connectivity index (χ4v) is 4.67. The van der Waals surface area contributed by atoms with Crippen LogP contribution in [0.1, 0.15) is 45.5 Å². The summed E-state index contributed by atoms with van der Waals surface area (Å²) >= 11 is 6.22. The number of halogens is 2. The number of carbonyl (C=O) groups is 2. The number of amides is 1. The Balaban J connectivity index is 1.31. The Hall–Kier alpha value is -3.65. The highest BCUT2D eigenvalue weighted by Gasteiger charge is 2.46. The summed E-state index contributed by atoms with van der Waals surface area (Å²) in [5.41, 5.74) is 1.28. The molecule has 2 aromatic carbocycles. The van der Waals surface area contributed by atoms with Gasteiger partial charge in [0, 0.05) is 19.2 Å². The highest BCUT2D eigenvalue weighted by atomic mass is 35.5. The Kier molecular flexibility index (Phi) is 6.53. The molecule has 1 saturated carbocycles. The standard InChI is InChI=1S/C27H25ClFN3O4/c1-35-26(34)17-2-4-18(5-3-17)27(11-12-27)31-25(33)23-14-19(28)15-30-24(23)32-13-10-22(16-32)36-21-8-6-20(29)7-9-21/h2-9,14-15,22H,10-13,16H2,1H3,(H,31,33). The molecule has 2 heterocycles. The Labute approximate surface area is 213 Å². The van der Waals surface area contributed by atoms with Crippen molar-refractivity contribution in [3.8, 4) is 5.75 Å². The molecular formula is C27H25ClFN3O4. The smallest absolute Gasteiger partial charge is 0.337 e. The van der Waals surface area contributed by atoms with E-state index in [4.69, 9.17) is 21.1 Å². The van der Waals surface area contributed by atoms with Crippen LogP contribution in [0, 0.1) is 5.82 Å². The number of nitrogens with zero attached hydrogens (tertiary/aromatic N) is 2. The van der Waals surface area contributed by atoms with Crippen LogP contribution in [-0.4, -0.2) is 43.2 Å². The molecular weight excluding hydrogens is 485 g/mol. The first-order valence-electron chi connectivity index (χ1n) is 11.7. The van der Waals surface area contributed by atoms with E-state index in [1.165, 1.54) is 25.4 Å². The van der Waals surface area contributed by atoms with Gasteiger partial charge in [-0.1, -0.05) is 23.7 Å². The molecule has 1 aromatic heterocycles. The summed E-state index contributed by atoms with van der Waals surface area (Å²) < 4.78 is 23.9. The van der Waals surface area contributed by atoms with Crippen LogP contribution >= 0.6 is 11.6 Å². The molecule has 7 nitrogen and oxygen atoms in total. The van der Waals surface area contributed by atoms with Crippen LogP contribution in [0.15, 0.2) is 60.8 Å². The normalized spacial score (nSPS) is 18.0. The summed E-state index contributed by atoms with van der Waals surface area (Å²) in [5.74, 6) is 0.150. The number of pyridine rings is 1. The lowest BCUT2D eigenvalue weighted by atomic mass is 10.0. The number of ether oxygens (including phenoxy) is 2. The van der Waals surface area contributed by atoms with Crippen LogP contribution in [-0.2, 0) is 10.3 Å². The topological polar surface area (TPSA) is 80.8 Å². The van der Waals surface area contributed by atoms with E-state index in [0.717, 1.165) is 24.8 Å². The molecule has 3 aromatic rings. The van der Waals surface area contributed by atoms with Gasteiger partial charge in [-0.2, -0.15) is 0 Å². The summed E-state index contributed by atoms with van der Waals surface area (Å²) in [6, 6.07) is 14.6. The van der Waals surface area contributed by atoms with Gasteiger partial charge in [0.2, 0.25) is 0 Å². The second kappa shape index (κ2) is 9.78. The molecule has 5 rings (SSSR count). The minimum atomic E-state index is -0.495. The summed E-state index contributed by atoms with van der Waals surface area (Å²) in [6.45, 7) is 1.19. The minimum Gasteiger partial charge on any atom is -0.489 e. The number of aromatic nitrogens is 1. The third-order valence-corrected chi connectivity index (χ3v) is 6.81. The summed E-state index contributed by atoms with van der Waals surface area (Å²) in [7, 11) is 1.34. The molecule has 2 aliphatic rings. The molecule has 1 atom stereocenters. The fourth-order valence-electron chi connectivity index (χ4n) is 4.51. The first-order chi connectivity index (χ1) is 17.4.